The van der Waals surface area contributed by atoms with E-state index >= 15 is 0 Å². The molecule has 2 aliphatic heterocycles. The molecule has 1 saturated carbocycles. The quantitative estimate of drug-likeness (QED) is 0.421. The molecule has 212 valence electrons. The van der Waals surface area contributed by atoms with Crippen molar-refractivity contribution in [2.24, 2.45) is 5.92 Å². The molecule has 7 nitrogen and oxygen atoms in total. The molecule has 3 aromatic rings. The highest BCUT2D eigenvalue weighted by atomic mass is 16.5. The van der Waals surface area contributed by atoms with Crippen LogP contribution in [0.25, 0.3) is 10.9 Å². The lowest BCUT2D eigenvalue weighted by atomic mass is 9.78. The predicted molar refractivity (Wildman–Crippen MR) is 156 cm³/mol. The Bertz CT molecular complexity index is 1310. The van der Waals surface area contributed by atoms with Gasteiger partial charge in [0.25, 0.3) is 11.8 Å². The lowest BCUT2D eigenvalue weighted by molar-refractivity contribution is 0.0304. The number of amides is 2. The van der Waals surface area contributed by atoms with Crippen molar-refractivity contribution < 1.29 is 19.1 Å². The first-order chi connectivity index (χ1) is 19.6. The molecule has 0 radical (unpaired) electrons. The average molecular weight is 544 g/mol. The van der Waals surface area contributed by atoms with Gasteiger partial charge in [0, 0.05) is 68.6 Å². The van der Waals surface area contributed by atoms with Crippen LogP contribution in [0.3, 0.4) is 0 Å². The van der Waals surface area contributed by atoms with E-state index in [4.69, 9.17) is 9.47 Å². The third-order valence-electron chi connectivity index (χ3n) is 9.31. The van der Waals surface area contributed by atoms with E-state index < -0.39 is 0 Å². The highest BCUT2D eigenvalue weighted by molar-refractivity contribution is 6.07. The lowest BCUT2D eigenvalue weighted by Gasteiger charge is -2.31. The normalized spacial score (nSPS) is 22.4. The lowest BCUT2D eigenvalue weighted by Crippen LogP contribution is -2.40. The number of benzene rings is 2. The van der Waals surface area contributed by atoms with Gasteiger partial charge in [0.2, 0.25) is 0 Å². The molecule has 2 saturated heterocycles. The number of fused-ring (bicyclic) bond motifs is 1. The van der Waals surface area contributed by atoms with Crippen LogP contribution in [0.1, 0.15) is 70.7 Å². The second kappa shape index (κ2) is 12.1. The third-order valence-corrected chi connectivity index (χ3v) is 9.31. The minimum absolute atomic E-state index is 0.104. The highest BCUT2D eigenvalue weighted by Gasteiger charge is 2.27. The maximum atomic E-state index is 13.3. The van der Waals surface area contributed by atoms with E-state index in [1.807, 2.05) is 35.0 Å². The van der Waals surface area contributed by atoms with Crippen LogP contribution < -0.4 is 0 Å². The smallest absolute Gasteiger partial charge is 0.256 e. The van der Waals surface area contributed by atoms with Crippen molar-refractivity contribution in [3.05, 3.63) is 71.4 Å². The fourth-order valence-corrected chi connectivity index (χ4v) is 6.80. The van der Waals surface area contributed by atoms with Gasteiger partial charge in [-0.15, -0.1) is 0 Å². The van der Waals surface area contributed by atoms with E-state index in [-0.39, 0.29) is 17.9 Å². The monoisotopic (exact) mass is 543 g/mol. The Kier molecular flexibility index (Phi) is 8.21. The summed E-state index contributed by atoms with van der Waals surface area (Å²) in [7, 11) is 1.92. The fourth-order valence-electron chi connectivity index (χ4n) is 6.80. The molecule has 3 heterocycles. The van der Waals surface area contributed by atoms with E-state index in [2.05, 4.69) is 41.1 Å². The van der Waals surface area contributed by atoms with Crippen molar-refractivity contribution in [2.75, 3.05) is 46.6 Å². The second-order valence-corrected chi connectivity index (χ2v) is 11.7. The number of nitrogens with zero attached hydrogens (tertiary/aromatic N) is 3. The van der Waals surface area contributed by atoms with Crippen LogP contribution in [-0.4, -0.2) is 78.8 Å². The summed E-state index contributed by atoms with van der Waals surface area (Å²) in [5, 5.41) is 1.05. The number of rotatable bonds is 6. The average Bonchev–Trinajstić information content (AvgIpc) is 3.39. The Morgan fingerprint density at radius 2 is 1.52 bits per heavy atom. The maximum Gasteiger partial charge on any atom is 0.256 e. The topological polar surface area (TPSA) is 64.0 Å². The van der Waals surface area contributed by atoms with E-state index in [0.29, 0.717) is 38.1 Å². The summed E-state index contributed by atoms with van der Waals surface area (Å²) in [6.45, 7) is 4.94. The molecule has 2 amide bonds. The Labute approximate surface area is 237 Å². The summed E-state index contributed by atoms with van der Waals surface area (Å²) < 4.78 is 13.2. The van der Waals surface area contributed by atoms with Gasteiger partial charge in [0.15, 0.2) is 0 Å². The first-order valence-electron chi connectivity index (χ1n) is 15.0. The molecule has 1 aromatic heterocycles. The molecule has 7 heteroatoms. The first kappa shape index (κ1) is 27.0. The van der Waals surface area contributed by atoms with E-state index in [9.17, 15) is 9.59 Å². The van der Waals surface area contributed by atoms with E-state index in [1.165, 1.54) is 5.56 Å². The minimum atomic E-state index is 0.104. The number of carbonyl (C=O) groups is 2. The van der Waals surface area contributed by atoms with Crippen molar-refractivity contribution >= 4 is 22.7 Å². The number of hydrogen-bond donors (Lipinski definition) is 0. The molecule has 0 unspecified atom stereocenters. The summed E-state index contributed by atoms with van der Waals surface area (Å²) >= 11 is 0. The van der Waals surface area contributed by atoms with Gasteiger partial charge in [0.1, 0.15) is 0 Å². The second-order valence-electron chi connectivity index (χ2n) is 11.7. The minimum Gasteiger partial charge on any atom is -0.381 e. The number of carbonyl (C=O) groups excluding carboxylic acids is 2. The molecule has 0 spiro atoms. The van der Waals surface area contributed by atoms with Crippen LogP contribution in [0.15, 0.2) is 54.7 Å². The molecule has 3 aliphatic rings. The summed E-state index contributed by atoms with van der Waals surface area (Å²) in [4.78, 5) is 30.2. The zero-order valence-corrected chi connectivity index (χ0v) is 23.6. The molecule has 0 atom stereocenters. The molecule has 0 N–H and O–H groups in total. The fraction of sp³-hybridized carbons (Fsp3) is 0.515. The van der Waals surface area contributed by atoms with Crippen LogP contribution in [-0.2, 0) is 16.0 Å². The number of morpholine rings is 1. The Morgan fingerprint density at radius 1 is 0.850 bits per heavy atom. The van der Waals surface area contributed by atoms with Crippen molar-refractivity contribution in [3.8, 4) is 0 Å². The number of ether oxygens (including phenoxy) is 2. The maximum absolute atomic E-state index is 13.3. The summed E-state index contributed by atoms with van der Waals surface area (Å²) in [6.07, 6.45) is 8.54. The van der Waals surface area contributed by atoms with Gasteiger partial charge in [-0.3, -0.25) is 9.59 Å². The molecule has 1 aliphatic carbocycles. The number of hydrogen-bond acceptors (Lipinski definition) is 4. The van der Waals surface area contributed by atoms with Crippen molar-refractivity contribution in [3.63, 3.8) is 0 Å². The molecular weight excluding hydrogens is 502 g/mol. The van der Waals surface area contributed by atoms with Gasteiger partial charge in [0.05, 0.1) is 18.8 Å². The van der Waals surface area contributed by atoms with Crippen molar-refractivity contribution in [1.29, 1.82) is 0 Å². The van der Waals surface area contributed by atoms with Gasteiger partial charge in [-0.25, -0.2) is 0 Å². The van der Waals surface area contributed by atoms with Crippen LogP contribution >= 0.6 is 0 Å². The van der Waals surface area contributed by atoms with Crippen molar-refractivity contribution in [2.45, 2.75) is 57.0 Å². The Balaban J connectivity index is 1.07. The largest absolute Gasteiger partial charge is 0.381 e. The number of para-hydroxylation sites is 1. The van der Waals surface area contributed by atoms with Gasteiger partial charge in [-0.05, 0) is 74.1 Å². The van der Waals surface area contributed by atoms with Gasteiger partial charge >= 0.3 is 0 Å². The van der Waals surface area contributed by atoms with Crippen molar-refractivity contribution in [1.82, 2.24) is 14.4 Å². The zero-order valence-electron chi connectivity index (χ0n) is 23.6. The Morgan fingerprint density at radius 3 is 2.25 bits per heavy atom. The highest BCUT2D eigenvalue weighted by Crippen LogP contribution is 2.37. The molecule has 40 heavy (non-hydrogen) atoms. The molecule has 3 fully saturated rings. The predicted octanol–water partition coefficient (Wildman–Crippen LogP) is 5.34. The summed E-state index contributed by atoms with van der Waals surface area (Å²) in [5.74, 6) is 1.34. The van der Waals surface area contributed by atoms with Gasteiger partial charge < -0.3 is 23.8 Å². The van der Waals surface area contributed by atoms with Gasteiger partial charge in [-0.2, -0.15) is 0 Å². The number of aromatic nitrogens is 1. The zero-order chi connectivity index (χ0) is 27.5. The van der Waals surface area contributed by atoms with Crippen LogP contribution in [0.5, 0.6) is 0 Å². The molecular formula is C33H41N3O4. The summed E-state index contributed by atoms with van der Waals surface area (Å²) in [5.41, 5.74) is 4.07. The third kappa shape index (κ3) is 5.68. The van der Waals surface area contributed by atoms with E-state index in [1.54, 1.807) is 0 Å². The Hall–Kier alpha value is -3.16. The molecule has 2 aromatic carbocycles. The molecule has 0 bridgehead atoms. The first-order valence-corrected chi connectivity index (χ1v) is 15.0. The van der Waals surface area contributed by atoms with Crippen LogP contribution in [0.4, 0.5) is 0 Å². The van der Waals surface area contributed by atoms with E-state index in [0.717, 1.165) is 80.3 Å². The van der Waals surface area contributed by atoms with Gasteiger partial charge in [-0.1, -0.05) is 30.3 Å². The van der Waals surface area contributed by atoms with Crippen LogP contribution in [0, 0.1) is 5.92 Å². The summed E-state index contributed by atoms with van der Waals surface area (Å²) in [6, 6.07) is 16.9. The standard InChI is InChI=1S/C33H41N3O4/c1-34(28-14-18-39-19-15-28)32(37)27-12-10-26(11-13-27)25-8-6-24(7-9-25)22-36-23-30(29-4-2-3-5-31(29)36)33(38)35-16-20-40-21-17-35/h2-5,10-13,23-25,28H,6-9,14-22H2,1H3. The SMILES string of the molecule is CN(C(=O)c1ccc(C2CCC(Cn3cc(C(=O)N4CCOCC4)c4ccccc43)CC2)cc1)C1CCOCC1. The van der Waals surface area contributed by atoms with Crippen LogP contribution in [0.2, 0.25) is 0 Å². The molecule has 6 rings (SSSR count).